The van der Waals surface area contributed by atoms with Crippen LogP contribution in [0.5, 0.6) is 5.75 Å². The fraction of sp³-hybridized carbons (Fsp3) is 0.529. The highest BCUT2D eigenvalue weighted by Gasteiger charge is 2.40. The normalized spacial score (nSPS) is 19.6. The highest BCUT2D eigenvalue weighted by atomic mass is 19.1. The molecule has 2 fully saturated rings. The van der Waals surface area contributed by atoms with E-state index in [9.17, 15) is 14.0 Å². The molecule has 0 unspecified atom stereocenters. The van der Waals surface area contributed by atoms with Crippen LogP contribution in [0.25, 0.3) is 0 Å². The fourth-order valence-electron chi connectivity index (χ4n) is 3.04. The summed E-state index contributed by atoms with van der Waals surface area (Å²) in [7, 11) is 0. The Morgan fingerprint density at radius 3 is 2.33 bits per heavy atom. The Bertz CT molecular complexity index is 595. The molecule has 0 spiro atoms. The van der Waals surface area contributed by atoms with Gasteiger partial charge in [-0.05, 0) is 43.0 Å². The summed E-state index contributed by atoms with van der Waals surface area (Å²) < 4.78 is 18.7. The average molecular weight is 336 g/mol. The molecule has 1 atom stereocenters. The van der Waals surface area contributed by atoms with Gasteiger partial charge in [0.2, 0.25) is 5.91 Å². The molecule has 2 amide bonds. The van der Waals surface area contributed by atoms with Crippen LogP contribution in [0.4, 0.5) is 9.18 Å². The number of rotatable bonds is 5. The number of piperidine rings is 1. The minimum absolute atomic E-state index is 0.0219. The molecule has 0 aromatic heterocycles. The molecule has 1 saturated heterocycles. The Morgan fingerprint density at radius 1 is 1.17 bits per heavy atom. The molecule has 24 heavy (non-hydrogen) atoms. The third-order valence-electron chi connectivity index (χ3n) is 4.51. The van der Waals surface area contributed by atoms with Gasteiger partial charge < -0.3 is 20.1 Å². The van der Waals surface area contributed by atoms with Gasteiger partial charge in [-0.15, -0.1) is 0 Å². The summed E-state index contributed by atoms with van der Waals surface area (Å²) in [5.74, 6) is 0.298. The van der Waals surface area contributed by atoms with Gasteiger partial charge in [0.05, 0.1) is 0 Å². The zero-order valence-corrected chi connectivity index (χ0v) is 13.3. The SMILES string of the molecule is O=C(O)N[C@H](C(=O)N1CCC(Oc2ccc(F)cc2)CC1)C1CC1. The summed E-state index contributed by atoms with van der Waals surface area (Å²) in [5, 5.41) is 11.3. The highest BCUT2D eigenvalue weighted by molar-refractivity contribution is 5.86. The van der Waals surface area contributed by atoms with E-state index in [-0.39, 0.29) is 23.7 Å². The first-order chi connectivity index (χ1) is 11.5. The molecule has 1 heterocycles. The molecule has 1 aromatic carbocycles. The standard InChI is InChI=1S/C17H21FN2O4/c18-12-3-5-13(6-4-12)24-14-7-9-20(10-8-14)16(21)15(11-1-2-11)19-17(22)23/h3-6,11,14-15,19H,1-2,7-10H2,(H,22,23)/t15-/m0/s1. The number of amides is 2. The van der Waals surface area contributed by atoms with Crippen molar-refractivity contribution in [1.29, 1.82) is 0 Å². The molecule has 3 rings (SSSR count). The van der Waals surface area contributed by atoms with Crippen molar-refractivity contribution in [3.63, 3.8) is 0 Å². The van der Waals surface area contributed by atoms with Gasteiger partial charge in [0, 0.05) is 25.9 Å². The van der Waals surface area contributed by atoms with E-state index in [1.165, 1.54) is 12.1 Å². The van der Waals surface area contributed by atoms with E-state index in [0.29, 0.717) is 31.7 Å². The van der Waals surface area contributed by atoms with Gasteiger partial charge >= 0.3 is 6.09 Å². The van der Waals surface area contributed by atoms with Crippen molar-refractivity contribution in [2.75, 3.05) is 13.1 Å². The van der Waals surface area contributed by atoms with E-state index in [1.54, 1.807) is 17.0 Å². The van der Waals surface area contributed by atoms with Crippen LogP contribution in [0, 0.1) is 11.7 Å². The Hall–Kier alpha value is -2.31. The van der Waals surface area contributed by atoms with Crippen molar-refractivity contribution in [3.8, 4) is 5.75 Å². The predicted molar refractivity (Wildman–Crippen MR) is 84.3 cm³/mol. The van der Waals surface area contributed by atoms with Gasteiger partial charge in [0.1, 0.15) is 23.7 Å². The van der Waals surface area contributed by atoms with E-state index >= 15 is 0 Å². The van der Waals surface area contributed by atoms with Crippen LogP contribution < -0.4 is 10.1 Å². The van der Waals surface area contributed by atoms with Crippen LogP contribution in [-0.2, 0) is 4.79 Å². The van der Waals surface area contributed by atoms with Gasteiger partial charge in [-0.3, -0.25) is 4.79 Å². The van der Waals surface area contributed by atoms with Crippen molar-refractivity contribution in [1.82, 2.24) is 10.2 Å². The topological polar surface area (TPSA) is 78.9 Å². The third kappa shape index (κ3) is 4.15. The van der Waals surface area contributed by atoms with Crippen LogP contribution in [0.15, 0.2) is 24.3 Å². The molecule has 130 valence electrons. The van der Waals surface area contributed by atoms with Crippen LogP contribution in [0.1, 0.15) is 25.7 Å². The fourth-order valence-corrected chi connectivity index (χ4v) is 3.04. The highest BCUT2D eigenvalue weighted by Crippen LogP contribution is 2.34. The number of carbonyl (C=O) groups excluding carboxylic acids is 1. The van der Waals surface area contributed by atoms with E-state index in [2.05, 4.69) is 5.32 Å². The number of ether oxygens (including phenoxy) is 1. The van der Waals surface area contributed by atoms with Crippen LogP contribution >= 0.6 is 0 Å². The average Bonchev–Trinajstić information content (AvgIpc) is 3.39. The third-order valence-corrected chi connectivity index (χ3v) is 4.51. The maximum atomic E-state index is 12.9. The Labute approximate surface area is 139 Å². The second-order valence-electron chi connectivity index (χ2n) is 6.36. The smallest absolute Gasteiger partial charge is 0.405 e. The van der Waals surface area contributed by atoms with Crippen molar-refractivity contribution >= 4 is 12.0 Å². The van der Waals surface area contributed by atoms with Crippen LogP contribution in [0.2, 0.25) is 0 Å². The van der Waals surface area contributed by atoms with E-state index in [1.807, 2.05) is 0 Å². The molecule has 2 N–H and O–H groups in total. The quantitative estimate of drug-likeness (QED) is 0.864. The molecular weight excluding hydrogens is 315 g/mol. The number of benzene rings is 1. The first-order valence-corrected chi connectivity index (χ1v) is 8.23. The second-order valence-corrected chi connectivity index (χ2v) is 6.36. The lowest BCUT2D eigenvalue weighted by molar-refractivity contribution is -0.135. The number of nitrogens with zero attached hydrogens (tertiary/aromatic N) is 1. The van der Waals surface area contributed by atoms with Gasteiger partial charge in [0.15, 0.2) is 0 Å². The monoisotopic (exact) mass is 336 g/mol. The first-order valence-electron chi connectivity index (χ1n) is 8.23. The summed E-state index contributed by atoms with van der Waals surface area (Å²) in [6.07, 6.45) is 1.95. The number of halogens is 1. The van der Waals surface area contributed by atoms with Crippen molar-refractivity contribution in [3.05, 3.63) is 30.1 Å². The second kappa shape index (κ2) is 7.07. The molecular formula is C17H21FN2O4. The lowest BCUT2D eigenvalue weighted by atomic mass is 10.0. The number of likely N-dealkylation sites (tertiary alicyclic amines) is 1. The van der Waals surface area contributed by atoms with Gasteiger partial charge in [-0.2, -0.15) is 0 Å². The first kappa shape index (κ1) is 16.5. The number of nitrogens with one attached hydrogen (secondary N) is 1. The predicted octanol–water partition coefficient (Wildman–Crippen LogP) is 2.24. The zero-order chi connectivity index (χ0) is 17.1. The summed E-state index contributed by atoms with van der Waals surface area (Å²) in [4.78, 5) is 25.1. The minimum atomic E-state index is -1.16. The van der Waals surface area contributed by atoms with Crippen molar-refractivity contribution < 1.29 is 23.8 Å². The molecule has 0 radical (unpaired) electrons. The van der Waals surface area contributed by atoms with Crippen LogP contribution in [0.3, 0.4) is 0 Å². The minimum Gasteiger partial charge on any atom is -0.490 e. The largest absolute Gasteiger partial charge is 0.490 e. The van der Waals surface area contributed by atoms with Gasteiger partial charge in [0.25, 0.3) is 0 Å². The number of carboxylic acid groups (broad SMARTS) is 1. The molecule has 1 saturated carbocycles. The zero-order valence-electron chi connectivity index (χ0n) is 13.3. The molecule has 1 aromatic rings. The molecule has 0 bridgehead atoms. The van der Waals surface area contributed by atoms with Gasteiger partial charge in [-0.1, -0.05) is 0 Å². The molecule has 1 aliphatic carbocycles. The summed E-state index contributed by atoms with van der Waals surface area (Å²) >= 11 is 0. The maximum Gasteiger partial charge on any atom is 0.405 e. The molecule has 7 heteroatoms. The lowest BCUT2D eigenvalue weighted by Gasteiger charge is -2.34. The maximum absolute atomic E-state index is 12.9. The van der Waals surface area contributed by atoms with Crippen molar-refractivity contribution in [2.24, 2.45) is 5.92 Å². The number of carbonyl (C=O) groups is 2. The Kier molecular flexibility index (Phi) is 4.87. The molecule has 6 nitrogen and oxygen atoms in total. The Morgan fingerprint density at radius 2 is 1.79 bits per heavy atom. The van der Waals surface area contributed by atoms with E-state index in [0.717, 1.165) is 12.8 Å². The van der Waals surface area contributed by atoms with Crippen molar-refractivity contribution in [2.45, 2.75) is 37.8 Å². The summed E-state index contributed by atoms with van der Waals surface area (Å²) in [6.45, 7) is 1.07. The van der Waals surface area contributed by atoms with Gasteiger partial charge in [-0.25, -0.2) is 9.18 Å². The van der Waals surface area contributed by atoms with Crippen LogP contribution in [-0.4, -0.2) is 47.2 Å². The lowest BCUT2D eigenvalue weighted by Crippen LogP contribution is -2.52. The number of hydrogen-bond acceptors (Lipinski definition) is 3. The molecule has 1 aliphatic heterocycles. The Balaban J connectivity index is 1.51. The summed E-state index contributed by atoms with van der Waals surface area (Å²) in [6, 6.07) is 5.26. The summed E-state index contributed by atoms with van der Waals surface area (Å²) in [5.41, 5.74) is 0. The number of hydrogen-bond donors (Lipinski definition) is 2. The van der Waals surface area contributed by atoms with E-state index in [4.69, 9.17) is 9.84 Å². The molecule has 2 aliphatic rings. The van der Waals surface area contributed by atoms with E-state index < -0.39 is 12.1 Å².